The summed E-state index contributed by atoms with van der Waals surface area (Å²) >= 11 is 0. The van der Waals surface area contributed by atoms with Gasteiger partial charge in [-0.3, -0.25) is 9.20 Å². The third-order valence-corrected chi connectivity index (χ3v) is 6.52. The van der Waals surface area contributed by atoms with E-state index in [0.717, 1.165) is 18.6 Å². The molecule has 10 heteroatoms. The lowest BCUT2D eigenvalue weighted by atomic mass is 10.1. The molecule has 1 aliphatic carbocycles. The van der Waals surface area contributed by atoms with Crippen LogP contribution in [0, 0.1) is 24.5 Å². The molecule has 5 rings (SSSR count). The van der Waals surface area contributed by atoms with Gasteiger partial charge in [-0.05, 0) is 49.9 Å². The molecule has 2 aliphatic rings. The Balaban J connectivity index is 1.39. The van der Waals surface area contributed by atoms with Gasteiger partial charge in [0.05, 0.1) is 16.8 Å². The average Bonchev–Trinajstić information content (AvgIpc) is 3.37. The van der Waals surface area contributed by atoms with Crippen LogP contribution in [0.4, 0.5) is 13.6 Å². The molecule has 1 aromatic carbocycles. The zero-order valence-corrected chi connectivity index (χ0v) is 17.8. The molecule has 33 heavy (non-hydrogen) atoms. The van der Waals surface area contributed by atoms with E-state index in [1.807, 2.05) is 0 Å². The molecular weight excluding hydrogens is 434 g/mol. The number of carboxylic acid groups (broad SMARTS) is 1. The maximum atomic E-state index is 13.9. The lowest BCUT2D eigenvalue weighted by Gasteiger charge is -2.31. The van der Waals surface area contributed by atoms with Crippen molar-refractivity contribution in [1.29, 1.82) is 0 Å². The van der Waals surface area contributed by atoms with Crippen LogP contribution in [0.25, 0.3) is 5.65 Å². The van der Waals surface area contributed by atoms with Crippen LogP contribution in [0.3, 0.4) is 0 Å². The Bertz CT molecular complexity index is 1260. The van der Waals surface area contributed by atoms with Crippen molar-refractivity contribution in [3.05, 3.63) is 65.1 Å². The van der Waals surface area contributed by atoms with E-state index in [4.69, 9.17) is 4.74 Å². The summed E-state index contributed by atoms with van der Waals surface area (Å²) in [6.07, 6.45) is 2.12. The van der Waals surface area contributed by atoms with Crippen molar-refractivity contribution in [2.24, 2.45) is 5.92 Å². The standard InChI is InChI=1S/C23H22F2N4O4/c1-13-19(21(30)27-23-10-14(23)7-9-28(12-23)22(31)32)29-8-3-6-18(20(29)26-13)33-11-15-16(24)4-2-5-17(15)25/h2-6,8,14H,7,9-12H2,1H3,(H,27,30)(H,31,32). The lowest BCUT2D eigenvalue weighted by molar-refractivity contribution is 0.0868. The molecule has 1 aliphatic heterocycles. The average molecular weight is 456 g/mol. The van der Waals surface area contributed by atoms with E-state index < -0.39 is 23.3 Å². The molecule has 2 atom stereocenters. The van der Waals surface area contributed by atoms with Gasteiger partial charge in [-0.25, -0.2) is 18.6 Å². The molecule has 8 nitrogen and oxygen atoms in total. The summed E-state index contributed by atoms with van der Waals surface area (Å²) in [4.78, 5) is 30.4. The molecule has 0 bridgehead atoms. The van der Waals surface area contributed by atoms with Crippen molar-refractivity contribution in [2.45, 2.75) is 31.9 Å². The number of pyridine rings is 1. The second-order valence-corrected chi connectivity index (χ2v) is 8.60. The molecule has 2 aromatic heterocycles. The third-order valence-electron chi connectivity index (χ3n) is 6.52. The van der Waals surface area contributed by atoms with Crippen LogP contribution in [-0.2, 0) is 6.61 Å². The van der Waals surface area contributed by atoms with Crippen LogP contribution in [0.5, 0.6) is 5.75 Å². The highest BCUT2D eigenvalue weighted by Gasteiger charge is 2.58. The van der Waals surface area contributed by atoms with E-state index in [0.29, 0.717) is 30.0 Å². The fraction of sp³-hybridized carbons (Fsp3) is 0.348. The summed E-state index contributed by atoms with van der Waals surface area (Å²) in [6, 6.07) is 6.87. The molecular formula is C23H22F2N4O4. The first-order valence-electron chi connectivity index (χ1n) is 10.6. The normalized spacial score (nSPS) is 21.5. The summed E-state index contributed by atoms with van der Waals surface area (Å²) in [5, 5.41) is 12.4. The molecule has 3 heterocycles. The van der Waals surface area contributed by atoms with E-state index in [2.05, 4.69) is 10.3 Å². The molecule has 172 valence electrons. The smallest absolute Gasteiger partial charge is 0.407 e. The number of halogens is 2. The number of fused-ring (bicyclic) bond motifs is 2. The van der Waals surface area contributed by atoms with E-state index in [1.54, 1.807) is 29.7 Å². The summed E-state index contributed by atoms with van der Waals surface area (Å²) in [5.41, 5.74) is 0.360. The van der Waals surface area contributed by atoms with Gasteiger partial charge in [0.2, 0.25) is 0 Å². The highest BCUT2D eigenvalue weighted by molar-refractivity contribution is 5.96. The Morgan fingerprint density at radius 3 is 2.76 bits per heavy atom. The first-order valence-corrected chi connectivity index (χ1v) is 10.6. The molecule has 2 unspecified atom stereocenters. The maximum absolute atomic E-state index is 13.9. The second kappa shape index (κ2) is 7.72. The van der Waals surface area contributed by atoms with Crippen LogP contribution in [0.2, 0.25) is 0 Å². The maximum Gasteiger partial charge on any atom is 0.407 e. The van der Waals surface area contributed by atoms with E-state index in [1.165, 1.54) is 11.0 Å². The highest BCUT2D eigenvalue weighted by Crippen LogP contribution is 2.49. The first kappa shape index (κ1) is 21.2. The van der Waals surface area contributed by atoms with Gasteiger partial charge in [-0.1, -0.05) is 6.07 Å². The minimum Gasteiger partial charge on any atom is -0.485 e. The van der Waals surface area contributed by atoms with Crippen LogP contribution in [0.15, 0.2) is 36.5 Å². The van der Waals surface area contributed by atoms with E-state index in [-0.39, 0.29) is 36.3 Å². The number of amides is 2. The zero-order chi connectivity index (χ0) is 23.3. The summed E-state index contributed by atoms with van der Waals surface area (Å²) in [7, 11) is 0. The van der Waals surface area contributed by atoms with Gasteiger partial charge < -0.3 is 20.1 Å². The molecule has 3 aromatic rings. The lowest BCUT2D eigenvalue weighted by Crippen LogP contribution is -2.52. The number of nitrogens with zero attached hydrogens (tertiary/aromatic N) is 3. The van der Waals surface area contributed by atoms with Crippen molar-refractivity contribution in [2.75, 3.05) is 13.1 Å². The van der Waals surface area contributed by atoms with Crippen molar-refractivity contribution >= 4 is 17.6 Å². The number of carbonyl (C=O) groups excluding carboxylic acids is 1. The minimum absolute atomic E-state index is 0.195. The number of hydrogen-bond donors (Lipinski definition) is 2. The summed E-state index contributed by atoms with van der Waals surface area (Å²) in [5.74, 6) is -1.23. The fourth-order valence-electron chi connectivity index (χ4n) is 4.69. The van der Waals surface area contributed by atoms with Gasteiger partial charge in [0.15, 0.2) is 11.4 Å². The molecule has 0 radical (unpaired) electrons. The van der Waals surface area contributed by atoms with Gasteiger partial charge in [-0.2, -0.15) is 0 Å². The molecule has 1 saturated heterocycles. The van der Waals surface area contributed by atoms with Gasteiger partial charge in [0, 0.05) is 19.3 Å². The van der Waals surface area contributed by atoms with Crippen LogP contribution in [0.1, 0.15) is 34.6 Å². The van der Waals surface area contributed by atoms with Crippen LogP contribution >= 0.6 is 0 Å². The Kier molecular flexibility index (Phi) is 4.95. The van der Waals surface area contributed by atoms with Crippen molar-refractivity contribution in [1.82, 2.24) is 19.6 Å². The Hall–Kier alpha value is -3.69. The van der Waals surface area contributed by atoms with Gasteiger partial charge >= 0.3 is 6.09 Å². The SMILES string of the molecule is Cc1nc2c(OCc3c(F)cccc3F)cccn2c1C(=O)NC12CC1CCN(C(=O)O)C2. The van der Waals surface area contributed by atoms with Crippen LogP contribution < -0.4 is 10.1 Å². The molecule has 1 saturated carbocycles. The quantitative estimate of drug-likeness (QED) is 0.614. The number of nitrogens with one attached hydrogen (secondary N) is 1. The number of hydrogen-bond acceptors (Lipinski definition) is 4. The summed E-state index contributed by atoms with van der Waals surface area (Å²) < 4.78 is 35.1. The number of piperidine rings is 1. The number of likely N-dealkylation sites (tertiary alicyclic amines) is 1. The molecule has 2 N–H and O–H groups in total. The molecule has 2 fully saturated rings. The summed E-state index contributed by atoms with van der Waals surface area (Å²) in [6.45, 7) is 2.09. The highest BCUT2D eigenvalue weighted by atomic mass is 19.1. The number of aryl methyl sites for hydroxylation is 1. The van der Waals surface area contributed by atoms with Crippen molar-refractivity contribution in [3.63, 3.8) is 0 Å². The number of rotatable bonds is 5. The molecule has 0 spiro atoms. The van der Waals surface area contributed by atoms with Gasteiger partial charge in [0.25, 0.3) is 5.91 Å². The fourth-order valence-corrected chi connectivity index (χ4v) is 4.69. The van der Waals surface area contributed by atoms with E-state index in [9.17, 15) is 23.5 Å². The number of aromatic nitrogens is 2. The number of benzene rings is 1. The van der Waals surface area contributed by atoms with E-state index >= 15 is 0 Å². The van der Waals surface area contributed by atoms with Crippen molar-refractivity contribution < 1.29 is 28.2 Å². The predicted molar refractivity (Wildman–Crippen MR) is 113 cm³/mol. The number of imidazole rings is 1. The Morgan fingerprint density at radius 2 is 2.03 bits per heavy atom. The second-order valence-electron chi connectivity index (χ2n) is 8.60. The van der Waals surface area contributed by atoms with Crippen LogP contribution in [-0.4, -0.2) is 50.0 Å². The Labute approximate surface area is 187 Å². The zero-order valence-electron chi connectivity index (χ0n) is 17.8. The topological polar surface area (TPSA) is 96.2 Å². The minimum atomic E-state index is -0.993. The first-order chi connectivity index (χ1) is 15.8. The largest absolute Gasteiger partial charge is 0.485 e. The van der Waals surface area contributed by atoms with Gasteiger partial charge in [0.1, 0.15) is 23.9 Å². The van der Waals surface area contributed by atoms with Crippen molar-refractivity contribution in [3.8, 4) is 5.75 Å². The predicted octanol–water partition coefficient (Wildman–Crippen LogP) is 3.37. The van der Waals surface area contributed by atoms with Gasteiger partial charge in [-0.15, -0.1) is 0 Å². The number of ether oxygens (including phenoxy) is 1. The Morgan fingerprint density at radius 1 is 1.27 bits per heavy atom. The third kappa shape index (κ3) is 3.65. The number of carbonyl (C=O) groups is 2. The monoisotopic (exact) mass is 456 g/mol. The molecule has 2 amide bonds.